The summed E-state index contributed by atoms with van der Waals surface area (Å²) in [7, 11) is 0. The summed E-state index contributed by atoms with van der Waals surface area (Å²) in [4.78, 5) is 14.4. The molecule has 6 heteroatoms. The third kappa shape index (κ3) is 3.13. The van der Waals surface area contributed by atoms with E-state index in [4.69, 9.17) is 5.26 Å². The van der Waals surface area contributed by atoms with E-state index >= 15 is 0 Å². The van der Waals surface area contributed by atoms with Crippen LogP contribution in [0.2, 0.25) is 0 Å². The van der Waals surface area contributed by atoms with Crippen LogP contribution < -0.4 is 0 Å². The Morgan fingerprint density at radius 3 is 2.81 bits per heavy atom. The SMILES string of the molecule is N#Cc1ccccc1/C=C/C(=O)N1CCC(c2nnc3n2CCC3)CC1. The van der Waals surface area contributed by atoms with E-state index in [0.29, 0.717) is 11.5 Å². The van der Waals surface area contributed by atoms with Gasteiger partial charge in [0.2, 0.25) is 5.91 Å². The maximum absolute atomic E-state index is 12.5. The van der Waals surface area contributed by atoms with Gasteiger partial charge in [0, 0.05) is 38.0 Å². The van der Waals surface area contributed by atoms with Gasteiger partial charge in [-0.15, -0.1) is 10.2 Å². The lowest BCUT2D eigenvalue weighted by Gasteiger charge is -2.30. The fourth-order valence-electron chi connectivity index (χ4n) is 3.84. The van der Waals surface area contributed by atoms with Gasteiger partial charge in [0.15, 0.2) is 0 Å². The van der Waals surface area contributed by atoms with E-state index in [1.807, 2.05) is 23.1 Å². The Kier molecular flexibility index (Phi) is 4.53. The molecule has 0 saturated carbocycles. The topological polar surface area (TPSA) is 74.8 Å². The molecule has 1 fully saturated rings. The number of carbonyl (C=O) groups excluding carboxylic acids is 1. The van der Waals surface area contributed by atoms with Crippen molar-refractivity contribution in [2.75, 3.05) is 13.1 Å². The lowest BCUT2D eigenvalue weighted by Crippen LogP contribution is -2.37. The third-order valence-electron chi connectivity index (χ3n) is 5.30. The Bertz CT molecular complexity index is 884. The number of aryl methyl sites for hydroxylation is 1. The number of rotatable bonds is 3. The summed E-state index contributed by atoms with van der Waals surface area (Å²) >= 11 is 0. The standard InChI is InChI=1S/C20H21N5O/c21-14-17-5-2-1-4-15(17)7-8-19(26)24-12-9-16(10-13-24)20-23-22-18-6-3-11-25(18)20/h1-2,4-5,7-8,16H,3,6,9-13H2/b8-7+. The minimum absolute atomic E-state index is 0.00247. The van der Waals surface area contributed by atoms with Crippen molar-refractivity contribution >= 4 is 12.0 Å². The highest BCUT2D eigenvalue weighted by atomic mass is 16.2. The summed E-state index contributed by atoms with van der Waals surface area (Å²) in [5.74, 6) is 2.60. The monoisotopic (exact) mass is 347 g/mol. The lowest BCUT2D eigenvalue weighted by molar-refractivity contribution is -0.127. The van der Waals surface area contributed by atoms with Gasteiger partial charge in [-0.05, 0) is 37.0 Å². The second-order valence-electron chi connectivity index (χ2n) is 6.86. The molecule has 4 rings (SSSR count). The molecule has 132 valence electrons. The Hall–Kier alpha value is -2.94. The normalized spacial score (nSPS) is 17.4. The van der Waals surface area contributed by atoms with Crippen molar-refractivity contribution in [2.24, 2.45) is 0 Å². The van der Waals surface area contributed by atoms with Crippen molar-refractivity contribution < 1.29 is 4.79 Å². The van der Waals surface area contributed by atoms with Crippen LogP contribution in [0.25, 0.3) is 6.08 Å². The Labute approximate surface area is 152 Å². The summed E-state index contributed by atoms with van der Waals surface area (Å²) in [6.07, 6.45) is 7.34. The number of amides is 1. The van der Waals surface area contributed by atoms with Gasteiger partial charge < -0.3 is 9.47 Å². The van der Waals surface area contributed by atoms with Crippen LogP contribution in [0.1, 0.15) is 48.0 Å². The minimum Gasteiger partial charge on any atom is -0.339 e. The van der Waals surface area contributed by atoms with Crippen molar-refractivity contribution in [3.8, 4) is 6.07 Å². The molecular formula is C20H21N5O. The zero-order valence-corrected chi connectivity index (χ0v) is 14.6. The van der Waals surface area contributed by atoms with Crippen LogP contribution in [-0.4, -0.2) is 38.7 Å². The van der Waals surface area contributed by atoms with E-state index in [0.717, 1.165) is 62.5 Å². The van der Waals surface area contributed by atoms with Crippen molar-refractivity contribution in [3.05, 3.63) is 53.1 Å². The first-order chi connectivity index (χ1) is 12.8. The average molecular weight is 347 g/mol. The molecule has 0 unspecified atom stereocenters. The second-order valence-corrected chi connectivity index (χ2v) is 6.86. The predicted molar refractivity (Wildman–Crippen MR) is 97.1 cm³/mol. The van der Waals surface area contributed by atoms with Crippen molar-refractivity contribution in [1.82, 2.24) is 19.7 Å². The van der Waals surface area contributed by atoms with Crippen molar-refractivity contribution in [2.45, 2.75) is 38.1 Å². The molecule has 0 radical (unpaired) electrons. The number of piperidine rings is 1. The van der Waals surface area contributed by atoms with E-state index in [2.05, 4.69) is 20.8 Å². The van der Waals surface area contributed by atoms with Crippen LogP contribution in [0.3, 0.4) is 0 Å². The molecular weight excluding hydrogens is 326 g/mol. The fraction of sp³-hybridized carbons (Fsp3) is 0.400. The molecule has 26 heavy (non-hydrogen) atoms. The quantitative estimate of drug-likeness (QED) is 0.800. The number of hydrogen-bond donors (Lipinski definition) is 0. The second kappa shape index (κ2) is 7.12. The predicted octanol–water partition coefficient (Wildman–Crippen LogP) is 2.52. The molecule has 2 aliphatic rings. The molecule has 2 aliphatic heterocycles. The molecule has 2 aromatic rings. The summed E-state index contributed by atoms with van der Waals surface area (Å²) < 4.78 is 2.26. The van der Waals surface area contributed by atoms with Crippen LogP contribution in [0.5, 0.6) is 0 Å². The number of nitrogens with zero attached hydrogens (tertiary/aromatic N) is 5. The number of hydrogen-bond acceptors (Lipinski definition) is 4. The highest BCUT2D eigenvalue weighted by Gasteiger charge is 2.28. The number of benzene rings is 1. The zero-order valence-electron chi connectivity index (χ0n) is 14.6. The largest absolute Gasteiger partial charge is 0.339 e. The van der Waals surface area contributed by atoms with Gasteiger partial charge in [0.25, 0.3) is 0 Å². The minimum atomic E-state index is 0.00247. The van der Waals surface area contributed by atoms with Crippen LogP contribution in [-0.2, 0) is 17.8 Å². The number of nitriles is 1. The Morgan fingerprint density at radius 1 is 1.19 bits per heavy atom. The molecule has 1 aromatic heterocycles. The van der Waals surface area contributed by atoms with E-state index in [-0.39, 0.29) is 5.91 Å². The smallest absolute Gasteiger partial charge is 0.246 e. The molecule has 0 atom stereocenters. The van der Waals surface area contributed by atoms with Crippen molar-refractivity contribution in [1.29, 1.82) is 5.26 Å². The molecule has 3 heterocycles. The van der Waals surface area contributed by atoms with Gasteiger partial charge in [-0.2, -0.15) is 5.26 Å². The van der Waals surface area contributed by atoms with E-state index in [1.54, 1.807) is 18.2 Å². The molecule has 1 saturated heterocycles. The maximum atomic E-state index is 12.5. The van der Waals surface area contributed by atoms with E-state index in [9.17, 15) is 4.79 Å². The summed E-state index contributed by atoms with van der Waals surface area (Å²) in [5, 5.41) is 17.8. The summed E-state index contributed by atoms with van der Waals surface area (Å²) in [5.41, 5.74) is 1.35. The van der Waals surface area contributed by atoms with Crippen molar-refractivity contribution in [3.63, 3.8) is 0 Å². The van der Waals surface area contributed by atoms with E-state index in [1.165, 1.54) is 0 Å². The third-order valence-corrected chi connectivity index (χ3v) is 5.30. The van der Waals surface area contributed by atoms with E-state index < -0.39 is 0 Å². The Balaban J connectivity index is 1.38. The number of aromatic nitrogens is 3. The number of carbonyl (C=O) groups is 1. The highest BCUT2D eigenvalue weighted by molar-refractivity contribution is 5.92. The van der Waals surface area contributed by atoms with Crippen LogP contribution in [0.15, 0.2) is 30.3 Å². The summed E-state index contributed by atoms with van der Waals surface area (Å²) in [6.45, 7) is 2.49. The van der Waals surface area contributed by atoms with Crippen LogP contribution in [0, 0.1) is 11.3 Å². The number of likely N-dealkylation sites (tertiary alicyclic amines) is 1. The molecule has 0 spiro atoms. The van der Waals surface area contributed by atoms with Gasteiger partial charge in [0.1, 0.15) is 11.6 Å². The van der Waals surface area contributed by atoms with Gasteiger partial charge in [-0.3, -0.25) is 4.79 Å². The highest BCUT2D eigenvalue weighted by Crippen LogP contribution is 2.29. The average Bonchev–Trinajstić information content (AvgIpc) is 3.30. The first-order valence-electron chi connectivity index (χ1n) is 9.14. The Morgan fingerprint density at radius 2 is 2.00 bits per heavy atom. The van der Waals surface area contributed by atoms with Gasteiger partial charge in [-0.1, -0.05) is 18.2 Å². The first kappa shape index (κ1) is 16.5. The van der Waals surface area contributed by atoms with Gasteiger partial charge >= 0.3 is 0 Å². The van der Waals surface area contributed by atoms with Crippen LogP contribution in [0.4, 0.5) is 0 Å². The molecule has 6 nitrogen and oxygen atoms in total. The molecule has 0 N–H and O–H groups in total. The van der Waals surface area contributed by atoms with Crippen LogP contribution >= 0.6 is 0 Å². The summed E-state index contributed by atoms with van der Waals surface area (Å²) in [6, 6.07) is 9.45. The molecule has 1 aromatic carbocycles. The fourth-order valence-corrected chi connectivity index (χ4v) is 3.84. The van der Waals surface area contributed by atoms with Gasteiger partial charge in [-0.25, -0.2) is 0 Å². The molecule has 0 aliphatic carbocycles. The number of fused-ring (bicyclic) bond motifs is 1. The zero-order chi connectivity index (χ0) is 17.9. The first-order valence-corrected chi connectivity index (χ1v) is 9.14. The maximum Gasteiger partial charge on any atom is 0.246 e. The van der Waals surface area contributed by atoms with Gasteiger partial charge in [0.05, 0.1) is 11.6 Å². The molecule has 0 bridgehead atoms. The molecule has 1 amide bonds. The lowest BCUT2D eigenvalue weighted by atomic mass is 9.95.